The van der Waals surface area contributed by atoms with Crippen LogP contribution in [-0.2, 0) is 11.3 Å². The number of amides is 1. The van der Waals surface area contributed by atoms with E-state index in [1.807, 2.05) is 35.0 Å². The first-order valence-electron chi connectivity index (χ1n) is 5.57. The van der Waals surface area contributed by atoms with Crippen LogP contribution < -0.4 is 10.1 Å². The molecule has 2 rings (SSSR count). The molecular weight excluding hydrogens is 228 g/mol. The van der Waals surface area contributed by atoms with Gasteiger partial charge in [-0.05, 0) is 24.3 Å². The molecule has 18 heavy (non-hydrogen) atoms. The molecule has 1 N–H and O–H groups in total. The molecule has 0 fully saturated rings. The highest BCUT2D eigenvalue weighted by molar-refractivity contribution is 5.84. The van der Waals surface area contributed by atoms with Crippen LogP contribution >= 0.6 is 0 Å². The summed E-state index contributed by atoms with van der Waals surface area (Å²) >= 11 is 0. The third-order valence-corrected chi connectivity index (χ3v) is 2.68. The van der Waals surface area contributed by atoms with Crippen LogP contribution in [0.5, 0.6) is 5.75 Å². The number of ether oxygens (including phenoxy) is 1. The number of carbonyl (C=O) groups excluding carboxylic acids is 1. The van der Waals surface area contributed by atoms with Crippen LogP contribution in [0.15, 0.2) is 30.5 Å². The summed E-state index contributed by atoms with van der Waals surface area (Å²) in [5.41, 5.74) is 0.992. The average Bonchev–Trinajstić information content (AvgIpc) is 2.78. The van der Waals surface area contributed by atoms with Gasteiger partial charge in [0, 0.05) is 17.1 Å². The molecule has 92 valence electrons. The van der Waals surface area contributed by atoms with Crippen molar-refractivity contribution in [2.45, 2.75) is 6.54 Å². The monoisotopic (exact) mass is 242 g/mol. The van der Waals surface area contributed by atoms with E-state index in [9.17, 15) is 4.79 Å². The van der Waals surface area contributed by atoms with Crippen LogP contribution in [0, 0.1) is 12.3 Å². The molecule has 1 heterocycles. The SMILES string of the molecule is C#CCNC(=O)Cn1ccc2cc(OC)ccc21. The molecule has 1 aromatic heterocycles. The molecule has 0 aliphatic heterocycles. The van der Waals surface area contributed by atoms with Crippen molar-refractivity contribution in [3.63, 3.8) is 0 Å². The van der Waals surface area contributed by atoms with Gasteiger partial charge in [0.05, 0.1) is 13.7 Å². The second-order valence-electron chi connectivity index (χ2n) is 3.85. The lowest BCUT2D eigenvalue weighted by Gasteiger charge is -2.06. The molecular formula is C14H14N2O2. The van der Waals surface area contributed by atoms with Gasteiger partial charge in [-0.15, -0.1) is 6.42 Å². The molecule has 4 nitrogen and oxygen atoms in total. The third-order valence-electron chi connectivity index (χ3n) is 2.68. The van der Waals surface area contributed by atoms with E-state index in [1.54, 1.807) is 7.11 Å². The van der Waals surface area contributed by atoms with Gasteiger partial charge < -0.3 is 14.6 Å². The van der Waals surface area contributed by atoms with Gasteiger partial charge in [-0.2, -0.15) is 0 Å². The molecule has 0 saturated carbocycles. The Kier molecular flexibility index (Phi) is 3.54. The standard InChI is InChI=1S/C14H14N2O2/c1-3-7-15-14(17)10-16-8-6-11-9-12(18-2)4-5-13(11)16/h1,4-6,8-9H,7,10H2,2H3,(H,15,17). The maximum Gasteiger partial charge on any atom is 0.240 e. The first-order valence-corrected chi connectivity index (χ1v) is 5.57. The minimum Gasteiger partial charge on any atom is -0.497 e. The predicted octanol–water partition coefficient (Wildman–Crippen LogP) is 1.40. The maximum absolute atomic E-state index is 11.6. The number of terminal acetylenes is 1. The molecule has 1 aromatic carbocycles. The van der Waals surface area contributed by atoms with E-state index >= 15 is 0 Å². The third kappa shape index (κ3) is 2.46. The van der Waals surface area contributed by atoms with E-state index < -0.39 is 0 Å². The van der Waals surface area contributed by atoms with Gasteiger partial charge in [-0.25, -0.2) is 0 Å². The highest BCUT2D eigenvalue weighted by Gasteiger charge is 2.06. The van der Waals surface area contributed by atoms with Gasteiger partial charge in [0.2, 0.25) is 5.91 Å². The first-order chi connectivity index (χ1) is 8.74. The molecule has 0 radical (unpaired) electrons. The van der Waals surface area contributed by atoms with Crippen LogP contribution in [0.1, 0.15) is 0 Å². The molecule has 0 atom stereocenters. The molecule has 0 saturated heterocycles. The Morgan fingerprint density at radius 1 is 1.50 bits per heavy atom. The number of aromatic nitrogens is 1. The van der Waals surface area contributed by atoms with Crippen molar-refractivity contribution in [1.82, 2.24) is 9.88 Å². The van der Waals surface area contributed by atoms with Crippen molar-refractivity contribution in [1.29, 1.82) is 0 Å². The van der Waals surface area contributed by atoms with Crippen LogP contribution in [0.3, 0.4) is 0 Å². The number of rotatable bonds is 4. The summed E-state index contributed by atoms with van der Waals surface area (Å²) in [7, 11) is 1.63. The highest BCUT2D eigenvalue weighted by atomic mass is 16.5. The lowest BCUT2D eigenvalue weighted by molar-refractivity contribution is -0.121. The van der Waals surface area contributed by atoms with E-state index in [4.69, 9.17) is 11.2 Å². The number of carbonyl (C=O) groups is 1. The van der Waals surface area contributed by atoms with Gasteiger partial charge >= 0.3 is 0 Å². The lowest BCUT2D eigenvalue weighted by Crippen LogP contribution is -2.27. The Labute approximate surface area is 106 Å². The van der Waals surface area contributed by atoms with Gasteiger partial charge in [0.25, 0.3) is 0 Å². The number of hydrogen-bond donors (Lipinski definition) is 1. The van der Waals surface area contributed by atoms with Crippen LogP contribution in [0.4, 0.5) is 0 Å². The zero-order valence-electron chi connectivity index (χ0n) is 10.1. The largest absolute Gasteiger partial charge is 0.497 e. The predicted molar refractivity (Wildman–Crippen MR) is 70.3 cm³/mol. The number of nitrogens with zero attached hydrogens (tertiary/aromatic N) is 1. The first kappa shape index (κ1) is 12.1. The number of methoxy groups -OCH3 is 1. The number of fused-ring (bicyclic) bond motifs is 1. The fraction of sp³-hybridized carbons (Fsp3) is 0.214. The Morgan fingerprint density at radius 3 is 3.06 bits per heavy atom. The summed E-state index contributed by atoms with van der Waals surface area (Å²) in [5.74, 6) is 3.08. The molecule has 2 aromatic rings. The van der Waals surface area contributed by atoms with Crippen molar-refractivity contribution in [3.05, 3.63) is 30.5 Å². The van der Waals surface area contributed by atoms with Crippen LogP contribution in [-0.4, -0.2) is 24.1 Å². The van der Waals surface area contributed by atoms with Crippen LogP contribution in [0.2, 0.25) is 0 Å². The normalized spacial score (nSPS) is 10.0. The van der Waals surface area contributed by atoms with Gasteiger partial charge in [-0.3, -0.25) is 4.79 Å². The van der Waals surface area contributed by atoms with Crippen molar-refractivity contribution < 1.29 is 9.53 Å². The molecule has 0 aliphatic rings. The van der Waals surface area contributed by atoms with Crippen molar-refractivity contribution in [2.75, 3.05) is 13.7 Å². The fourth-order valence-electron chi connectivity index (χ4n) is 1.80. The maximum atomic E-state index is 11.6. The summed E-state index contributed by atoms with van der Waals surface area (Å²) in [6.45, 7) is 0.517. The summed E-state index contributed by atoms with van der Waals surface area (Å²) < 4.78 is 7.03. The van der Waals surface area contributed by atoms with E-state index in [0.717, 1.165) is 16.7 Å². The summed E-state index contributed by atoms with van der Waals surface area (Å²) in [6, 6.07) is 7.69. The summed E-state index contributed by atoms with van der Waals surface area (Å²) in [6.07, 6.45) is 6.96. The zero-order chi connectivity index (χ0) is 13.0. The molecule has 0 bridgehead atoms. The van der Waals surface area contributed by atoms with Crippen molar-refractivity contribution >= 4 is 16.8 Å². The Bertz CT molecular complexity index is 608. The summed E-state index contributed by atoms with van der Waals surface area (Å²) in [5, 5.41) is 3.68. The highest BCUT2D eigenvalue weighted by Crippen LogP contribution is 2.21. The Hall–Kier alpha value is -2.41. The van der Waals surface area contributed by atoms with E-state index in [0.29, 0.717) is 0 Å². The molecule has 1 amide bonds. The zero-order valence-corrected chi connectivity index (χ0v) is 10.1. The van der Waals surface area contributed by atoms with E-state index in [1.165, 1.54) is 0 Å². The lowest BCUT2D eigenvalue weighted by atomic mass is 10.2. The molecule has 0 spiro atoms. The van der Waals surface area contributed by atoms with Crippen molar-refractivity contribution in [3.8, 4) is 18.1 Å². The second-order valence-corrected chi connectivity index (χ2v) is 3.85. The summed E-state index contributed by atoms with van der Waals surface area (Å²) in [4.78, 5) is 11.6. The quantitative estimate of drug-likeness (QED) is 0.823. The average molecular weight is 242 g/mol. The van der Waals surface area contributed by atoms with Gasteiger partial charge in [0.1, 0.15) is 12.3 Å². The van der Waals surface area contributed by atoms with Gasteiger partial charge in [-0.1, -0.05) is 5.92 Å². The molecule has 4 heteroatoms. The van der Waals surface area contributed by atoms with E-state index in [-0.39, 0.29) is 19.0 Å². The fourth-order valence-corrected chi connectivity index (χ4v) is 1.80. The van der Waals surface area contributed by atoms with Crippen molar-refractivity contribution in [2.24, 2.45) is 0 Å². The van der Waals surface area contributed by atoms with Gasteiger partial charge in [0.15, 0.2) is 0 Å². The molecule has 0 unspecified atom stereocenters. The minimum absolute atomic E-state index is 0.0960. The number of nitrogens with one attached hydrogen (secondary N) is 1. The number of hydrogen-bond acceptors (Lipinski definition) is 2. The minimum atomic E-state index is -0.0960. The smallest absolute Gasteiger partial charge is 0.240 e. The molecule has 0 aliphatic carbocycles. The second kappa shape index (κ2) is 5.28. The Balaban J connectivity index is 2.19. The number of benzene rings is 1. The topological polar surface area (TPSA) is 43.3 Å². The Morgan fingerprint density at radius 2 is 2.33 bits per heavy atom. The van der Waals surface area contributed by atoms with E-state index in [2.05, 4.69) is 11.2 Å². The van der Waals surface area contributed by atoms with Crippen LogP contribution in [0.25, 0.3) is 10.9 Å².